The van der Waals surface area contributed by atoms with Gasteiger partial charge in [-0.15, -0.1) is 0 Å². The monoisotopic (exact) mass is 333 g/mol. The molecular weight excluding hydrogens is 321 g/mol. The maximum Gasteiger partial charge on any atom is 0.306 e. The van der Waals surface area contributed by atoms with Crippen LogP contribution in [0.1, 0.15) is 12.8 Å². The van der Waals surface area contributed by atoms with Gasteiger partial charge >= 0.3 is 5.97 Å². The van der Waals surface area contributed by atoms with Gasteiger partial charge in [-0.25, -0.2) is 0 Å². The first-order chi connectivity index (χ1) is 7.63. The molecule has 0 radical (unpaired) electrons. The number of rotatable bonds is 4. The van der Waals surface area contributed by atoms with E-state index in [4.69, 9.17) is 0 Å². The lowest BCUT2D eigenvalue weighted by Gasteiger charge is -2.06. The third-order valence-electron chi connectivity index (χ3n) is 1.93. The Morgan fingerprint density at radius 3 is 2.62 bits per heavy atom. The number of para-hydroxylation sites is 1. The first-order valence-electron chi connectivity index (χ1n) is 4.74. The highest BCUT2D eigenvalue weighted by Gasteiger charge is 2.08. The van der Waals surface area contributed by atoms with Gasteiger partial charge in [0.25, 0.3) is 0 Å². The second-order valence-corrected chi connectivity index (χ2v) is 4.27. The van der Waals surface area contributed by atoms with Gasteiger partial charge in [0.1, 0.15) is 0 Å². The van der Waals surface area contributed by atoms with Crippen molar-refractivity contribution in [2.75, 3.05) is 12.4 Å². The van der Waals surface area contributed by atoms with Crippen molar-refractivity contribution in [2.24, 2.45) is 0 Å². The Bertz CT molecular complexity index is 393. The fourth-order valence-electron chi connectivity index (χ4n) is 1.09. The third kappa shape index (κ3) is 4.18. The Kier molecular flexibility index (Phi) is 5.24. The largest absolute Gasteiger partial charge is 0.469 e. The van der Waals surface area contributed by atoms with E-state index in [0.29, 0.717) is 0 Å². The Hall–Kier alpha value is -1.11. The molecule has 0 aliphatic heterocycles. The molecule has 1 N–H and O–H groups in total. The Balaban J connectivity index is 2.46. The molecule has 1 rings (SSSR count). The molecule has 16 heavy (non-hydrogen) atoms. The fourth-order valence-corrected chi connectivity index (χ4v) is 1.62. The lowest BCUT2D eigenvalue weighted by molar-refractivity contribution is -0.141. The van der Waals surface area contributed by atoms with Gasteiger partial charge < -0.3 is 10.1 Å². The van der Waals surface area contributed by atoms with E-state index in [0.717, 1.165) is 9.26 Å². The van der Waals surface area contributed by atoms with Gasteiger partial charge in [0.05, 0.1) is 19.2 Å². The molecule has 0 aromatic heterocycles. The second kappa shape index (κ2) is 6.47. The van der Waals surface area contributed by atoms with Gasteiger partial charge in [-0.05, 0) is 34.7 Å². The van der Waals surface area contributed by atoms with Crippen LogP contribution in [0.15, 0.2) is 24.3 Å². The van der Waals surface area contributed by atoms with E-state index in [1.54, 1.807) is 0 Å². The van der Waals surface area contributed by atoms with Crippen molar-refractivity contribution in [3.05, 3.63) is 27.8 Å². The number of carbonyl (C=O) groups is 2. The second-order valence-electron chi connectivity index (χ2n) is 3.10. The van der Waals surface area contributed by atoms with Crippen molar-refractivity contribution in [3.63, 3.8) is 0 Å². The number of ether oxygens (including phenoxy) is 1. The molecule has 0 aliphatic rings. The van der Waals surface area contributed by atoms with E-state index in [2.05, 4.69) is 32.6 Å². The molecule has 0 saturated heterocycles. The molecule has 5 heteroatoms. The van der Waals surface area contributed by atoms with E-state index in [1.807, 2.05) is 24.3 Å². The predicted octanol–water partition coefficient (Wildman–Crippen LogP) is 2.18. The van der Waals surface area contributed by atoms with Crippen LogP contribution in [0.4, 0.5) is 5.69 Å². The van der Waals surface area contributed by atoms with Crippen molar-refractivity contribution in [3.8, 4) is 0 Å². The van der Waals surface area contributed by atoms with Crippen LogP contribution in [0.25, 0.3) is 0 Å². The van der Waals surface area contributed by atoms with Crippen molar-refractivity contribution in [1.82, 2.24) is 0 Å². The summed E-state index contributed by atoms with van der Waals surface area (Å²) in [5.41, 5.74) is 0.762. The number of benzene rings is 1. The number of methoxy groups -OCH3 is 1. The molecule has 0 heterocycles. The topological polar surface area (TPSA) is 55.4 Å². The van der Waals surface area contributed by atoms with Crippen LogP contribution >= 0.6 is 22.6 Å². The summed E-state index contributed by atoms with van der Waals surface area (Å²) in [6.45, 7) is 0. The standard InChI is InChI=1S/C11H12INO3/c1-16-11(15)7-6-10(14)13-9-5-3-2-4-8(9)12/h2-5H,6-7H2,1H3,(H,13,14). The van der Waals surface area contributed by atoms with Gasteiger partial charge in [0, 0.05) is 9.99 Å². The van der Waals surface area contributed by atoms with Gasteiger partial charge in [-0.3, -0.25) is 9.59 Å². The molecule has 1 amide bonds. The van der Waals surface area contributed by atoms with Crippen LogP contribution < -0.4 is 5.32 Å². The van der Waals surface area contributed by atoms with Crippen LogP contribution in [0.5, 0.6) is 0 Å². The minimum atomic E-state index is -0.377. The van der Waals surface area contributed by atoms with E-state index < -0.39 is 0 Å². The summed E-state index contributed by atoms with van der Waals surface area (Å²) in [5, 5.41) is 2.74. The summed E-state index contributed by atoms with van der Waals surface area (Å²) in [6, 6.07) is 7.46. The number of carbonyl (C=O) groups excluding carboxylic acids is 2. The number of hydrogen-bond donors (Lipinski definition) is 1. The zero-order chi connectivity index (χ0) is 12.0. The number of halogens is 1. The molecule has 86 valence electrons. The molecule has 4 nitrogen and oxygen atoms in total. The van der Waals surface area contributed by atoms with Gasteiger partial charge in [0.2, 0.25) is 5.91 Å². The van der Waals surface area contributed by atoms with E-state index in [-0.39, 0.29) is 24.7 Å². The van der Waals surface area contributed by atoms with E-state index in [9.17, 15) is 9.59 Å². The van der Waals surface area contributed by atoms with Crippen molar-refractivity contribution in [2.45, 2.75) is 12.8 Å². The molecule has 0 bridgehead atoms. The van der Waals surface area contributed by atoms with Gasteiger partial charge in [-0.1, -0.05) is 12.1 Å². The average molecular weight is 333 g/mol. The molecule has 0 aliphatic carbocycles. The molecule has 0 saturated carbocycles. The van der Waals surface area contributed by atoms with Gasteiger partial charge in [0.15, 0.2) is 0 Å². The highest BCUT2D eigenvalue weighted by molar-refractivity contribution is 14.1. The summed E-state index contributed by atoms with van der Waals surface area (Å²) >= 11 is 2.14. The van der Waals surface area contributed by atoms with Crippen LogP contribution in [-0.2, 0) is 14.3 Å². The number of nitrogens with one attached hydrogen (secondary N) is 1. The fraction of sp³-hybridized carbons (Fsp3) is 0.273. The molecule has 1 aromatic carbocycles. The number of hydrogen-bond acceptors (Lipinski definition) is 3. The summed E-state index contributed by atoms with van der Waals surface area (Å²) < 4.78 is 5.42. The summed E-state index contributed by atoms with van der Waals surface area (Å²) in [5.74, 6) is -0.563. The minimum Gasteiger partial charge on any atom is -0.469 e. The normalized spacial score (nSPS) is 9.62. The molecule has 0 unspecified atom stereocenters. The zero-order valence-corrected chi connectivity index (χ0v) is 11.0. The minimum absolute atomic E-state index is 0.103. The Morgan fingerprint density at radius 2 is 2.00 bits per heavy atom. The Morgan fingerprint density at radius 1 is 1.31 bits per heavy atom. The third-order valence-corrected chi connectivity index (χ3v) is 2.87. The summed E-state index contributed by atoms with van der Waals surface area (Å²) in [6.07, 6.45) is 0.239. The van der Waals surface area contributed by atoms with Gasteiger partial charge in [-0.2, -0.15) is 0 Å². The summed E-state index contributed by atoms with van der Waals surface area (Å²) in [7, 11) is 1.31. The quantitative estimate of drug-likeness (QED) is 0.679. The SMILES string of the molecule is COC(=O)CCC(=O)Nc1ccccc1I. The lowest BCUT2D eigenvalue weighted by atomic mass is 10.2. The first kappa shape index (κ1) is 13.0. The van der Waals surface area contributed by atoms with E-state index >= 15 is 0 Å². The maximum atomic E-state index is 11.5. The maximum absolute atomic E-state index is 11.5. The molecule has 0 fully saturated rings. The van der Waals surface area contributed by atoms with Crippen molar-refractivity contribution in [1.29, 1.82) is 0 Å². The summed E-state index contributed by atoms with van der Waals surface area (Å²) in [4.78, 5) is 22.3. The molecular formula is C11H12INO3. The highest BCUT2D eigenvalue weighted by atomic mass is 127. The van der Waals surface area contributed by atoms with Crippen molar-refractivity contribution >= 4 is 40.2 Å². The Labute approximate surface area is 108 Å². The van der Waals surface area contributed by atoms with E-state index in [1.165, 1.54) is 7.11 Å². The van der Waals surface area contributed by atoms with Crippen LogP contribution in [0, 0.1) is 3.57 Å². The lowest BCUT2D eigenvalue weighted by Crippen LogP contribution is -2.14. The first-order valence-corrected chi connectivity index (χ1v) is 5.82. The number of esters is 1. The smallest absolute Gasteiger partial charge is 0.306 e. The van der Waals surface area contributed by atoms with Crippen LogP contribution in [0.3, 0.4) is 0 Å². The average Bonchev–Trinajstić information content (AvgIpc) is 2.29. The van der Waals surface area contributed by atoms with Crippen molar-refractivity contribution < 1.29 is 14.3 Å². The van der Waals surface area contributed by atoms with Crippen LogP contribution in [0.2, 0.25) is 0 Å². The molecule has 0 atom stereocenters. The number of anilines is 1. The molecule has 1 aromatic rings. The zero-order valence-electron chi connectivity index (χ0n) is 8.83. The molecule has 0 spiro atoms. The number of amides is 1. The van der Waals surface area contributed by atoms with Crippen LogP contribution in [-0.4, -0.2) is 19.0 Å². The predicted molar refractivity (Wildman–Crippen MR) is 69.0 cm³/mol. The highest BCUT2D eigenvalue weighted by Crippen LogP contribution is 2.17.